The van der Waals surface area contributed by atoms with Crippen LogP contribution in [-0.4, -0.2) is 48.5 Å². The van der Waals surface area contributed by atoms with Crippen LogP contribution in [0.5, 0.6) is 6.01 Å². The van der Waals surface area contributed by atoms with Crippen molar-refractivity contribution in [1.29, 1.82) is 0 Å². The molecular weight excluding hydrogens is 354 g/mol. The summed E-state index contributed by atoms with van der Waals surface area (Å²) in [6.45, 7) is -0.114. The van der Waals surface area contributed by atoms with Crippen LogP contribution in [0.4, 0.5) is 5.95 Å². The molecule has 4 rings (SSSR count). The Morgan fingerprint density at radius 3 is 2.81 bits per heavy atom. The Morgan fingerprint density at radius 1 is 1.33 bits per heavy atom. The lowest BCUT2D eigenvalue weighted by atomic mass is 10.2. The fraction of sp³-hybridized carbons (Fsp3) is 0.353. The minimum Gasteiger partial charge on any atom is -0.460 e. The molecule has 0 radical (unpaired) electrons. The molecule has 0 amide bonds. The second-order valence-corrected chi connectivity index (χ2v) is 6.28. The standard InChI is InChI=1S/C17H19N5O5/c18-16-20-14-13(15(25)21-16)19-17(26-8-9-4-2-1-3-5-9)22(14)12-6-10(24)11(7-23)27-12/h1-5,10-12,23-24H,6-8H2,(H3,18,20,21,25)/t10-,11+,12+/m0/s1. The molecule has 1 aliphatic heterocycles. The minimum absolute atomic E-state index is 0.0535. The molecule has 1 fully saturated rings. The van der Waals surface area contributed by atoms with Crippen LogP contribution < -0.4 is 16.0 Å². The molecule has 10 heteroatoms. The van der Waals surface area contributed by atoms with Crippen LogP contribution in [0.2, 0.25) is 0 Å². The van der Waals surface area contributed by atoms with Crippen LogP contribution >= 0.6 is 0 Å². The molecule has 27 heavy (non-hydrogen) atoms. The van der Waals surface area contributed by atoms with Crippen molar-refractivity contribution in [3.8, 4) is 6.01 Å². The maximum atomic E-state index is 12.2. The van der Waals surface area contributed by atoms with Crippen LogP contribution in [0, 0.1) is 0 Å². The largest absolute Gasteiger partial charge is 0.460 e. The first-order valence-electron chi connectivity index (χ1n) is 8.45. The highest BCUT2D eigenvalue weighted by Crippen LogP contribution is 2.34. The van der Waals surface area contributed by atoms with E-state index in [4.69, 9.17) is 15.2 Å². The van der Waals surface area contributed by atoms with E-state index in [1.165, 1.54) is 4.57 Å². The second-order valence-electron chi connectivity index (χ2n) is 6.28. The van der Waals surface area contributed by atoms with Gasteiger partial charge in [-0.15, -0.1) is 0 Å². The predicted molar refractivity (Wildman–Crippen MR) is 95.0 cm³/mol. The van der Waals surface area contributed by atoms with E-state index < -0.39 is 24.0 Å². The number of nitrogens with two attached hydrogens (primary N) is 1. The Balaban J connectivity index is 1.75. The van der Waals surface area contributed by atoms with E-state index in [0.29, 0.717) is 0 Å². The summed E-state index contributed by atoms with van der Waals surface area (Å²) in [7, 11) is 0. The summed E-state index contributed by atoms with van der Waals surface area (Å²) in [6.07, 6.45) is -2.12. The lowest BCUT2D eigenvalue weighted by molar-refractivity contribution is -0.0456. The van der Waals surface area contributed by atoms with Crippen molar-refractivity contribution in [3.05, 3.63) is 46.2 Å². The average molecular weight is 373 g/mol. The minimum atomic E-state index is -0.862. The Kier molecular flexibility index (Phi) is 4.52. The summed E-state index contributed by atoms with van der Waals surface area (Å²) in [5.74, 6) is -0.0690. The summed E-state index contributed by atoms with van der Waals surface area (Å²) >= 11 is 0. The second kappa shape index (κ2) is 6.99. The SMILES string of the molecule is Nc1nc2c(nc(OCc3ccccc3)n2[C@H]2C[C@H](O)[C@@H](CO)O2)c(=O)[nH]1. The van der Waals surface area contributed by atoms with Crippen molar-refractivity contribution < 1.29 is 19.7 Å². The molecule has 10 nitrogen and oxygen atoms in total. The fourth-order valence-electron chi connectivity index (χ4n) is 3.10. The first-order valence-corrected chi connectivity index (χ1v) is 8.45. The van der Waals surface area contributed by atoms with E-state index in [9.17, 15) is 15.0 Å². The summed E-state index contributed by atoms with van der Waals surface area (Å²) < 4.78 is 13.0. The predicted octanol–water partition coefficient (Wildman–Crippen LogP) is -0.0785. The number of aromatic amines is 1. The van der Waals surface area contributed by atoms with Gasteiger partial charge < -0.3 is 25.4 Å². The summed E-state index contributed by atoms with van der Waals surface area (Å²) in [5.41, 5.74) is 6.33. The topological polar surface area (TPSA) is 149 Å². The number of anilines is 1. The Hall–Kier alpha value is -2.95. The van der Waals surface area contributed by atoms with Crippen LogP contribution in [0.15, 0.2) is 35.1 Å². The number of nitrogens with one attached hydrogen (secondary N) is 1. The van der Waals surface area contributed by atoms with Gasteiger partial charge in [-0.1, -0.05) is 30.3 Å². The van der Waals surface area contributed by atoms with Crippen molar-refractivity contribution >= 4 is 17.1 Å². The first kappa shape index (κ1) is 17.5. The third-order valence-electron chi connectivity index (χ3n) is 4.42. The Morgan fingerprint density at radius 2 is 2.11 bits per heavy atom. The maximum absolute atomic E-state index is 12.2. The van der Waals surface area contributed by atoms with Gasteiger partial charge in [0.05, 0.1) is 12.7 Å². The quantitative estimate of drug-likeness (QED) is 0.485. The lowest BCUT2D eigenvalue weighted by Gasteiger charge is -2.16. The summed E-state index contributed by atoms with van der Waals surface area (Å²) in [5, 5.41) is 19.4. The highest BCUT2D eigenvalue weighted by atomic mass is 16.6. The zero-order chi connectivity index (χ0) is 19.0. The molecule has 0 spiro atoms. The molecule has 3 aromatic rings. The molecule has 2 aromatic heterocycles. The lowest BCUT2D eigenvalue weighted by Crippen LogP contribution is -2.24. The van der Waals surface area contributed by atoms with Gasteiger partial charge in [0.1, 0.15) is 18.9 Å². The monoisotopic (exact) mass is 373 g/mol. The van der Waals surface area contributed by atoms with Gasteiger partial charge in [0, 0.05) is 6.42 Å². The van der Waals surface area contributed by atoms with Crippen LogP contribution in [-0.2, 0) is 11.3 Å². The van der Waals surface area contributed by atoms with Crippen LogP contribution in [0.3, 0.4) is 0 Å². The van der Waals surface area contributed by atoms with E-state index in [1.807, 2.05) is 30.3 Å². The number of H-pyrrole nitrogens is 1. The van der Waals surface area contributed by atoms with E-state index in [2.05, 4.69) is 15.0 Å². The average Bonchev–Trinajstić information content (AvgIpc) is 3.20. The van der Waals surface area contributed by atoms with Gasteiger partial charge >= 0.3 is 6.01 Å². The number of fused-ring (bicyclic) bond motifs is 1. The molecule has 0 saturated carbocycles. The number of rotatable bonds is 5. The number of ether oxygens (including phenoxy) is 2. The molecule has 0 bridgehead atoms. The van der Waals surface area contributed by atoms with Crippen molar-refractivity contribution in [3.63, 3.8) is 0 Å². The van der Waals surface area contributed by atoms with Crippen molar-refractivity contribution in [1.82, 2.24) is 19.5 Å². The number of hydrogen-bond donors (Lipinski definition) is 4. The van der Waals surface area contributed by atoms with E-state index >= 15 is 0 Å². The number of imidazole rings is 1. The number of aliphatic hydroxyl groups is 2. The van der Waals surface area contributed by atoms with Gasteiger partial charge in [-0.3, -0.25) is 14.3 Å². The van der Waals surface area contributed by atoms with Crippen molar-refractivity contribution in [2.45, 2.75) is 31.5 Å². The molecule has 1 saturated heterocycles. The maximum Gasteiger partial charge on any atom is 0.301 e. The van der Waals surface area contributed by atoms with Gasteiger partial charge in [-0.25, -0.2) is 0 Å². The number of aliphatic hydroxyl groups excluding tert-OH is 2. The van der Waals surface area contributed by atoms with Crippen LogP contribution in [0.25, 0.3) is 11.2 Å². The highest BCUT2D eigenvalue weighted by molar-refractivity contribution is 5.72. The Bertz CT molecular complexity index is 1000. The number of nitrogens with zero attached hydrogens (tertiary/aromatic N) is 3. The molecule has 3 atom stereocenters. The van der Waals surface area contributed by atoms with Gasteiger partial charge in [0.15, 0.2) is 11.2 Å². The summed E-state index contributed by atoms with van der Waals surface area (Å²) in [4.78, 5) is 23.0. The highest BCUT2D eigenvalue weighted by Gasteiger charge is 2.37. The fourth-order valence-corrected chi connectivity index (χ4v) is 3.10. The van der Waals surface area contributed by atoms with Gasteiger partial charge in [-0.05, 0) is 5.56 Å². The first-order chi connectivity index (χ1) is 13.1. The zero-order valence-electron chi connectivity index (χ0n) is 14.3. The molecule has 1 aromatic carbocycles. The van der Waals surface area contributed by atoms with E-state index in [0.717, 1.165) is 5.56 Å². The van der Waals surface area contributed by atoms with Gasteiger partial charge in [-0.2, -0.15) is 9.97 Å². The van der Waals surface area contributed by atoms with E-state index in [-0.39, 0.29) is 42.8 Å². The Labute approximate surface area is 153 Å². The summed E-state index contributed by atoms with van der Waals surface area (Å²) in [6, 6.07) is 9.58. The number of aromatic nitrogens is 4. The van der Waals surface area contributed by atoms with Gasteiger partial charge in [0.25, 0.3) is 5.56 Å². The van der Waals surface area contributed by atoms with Gasteiger partial charge in [0.2, 0.25) is 5.95 Å². The molecular formula is C17H19N5O5. The van der Waals surface area contributed by atoms with Crippen molar-refractivity contribution in [2.75, 3.05) is 12.3 Å². The van der Waals surface area contributed by atoms with Crippen molar-refractivity contribution in [2.24, 2.45) is 0 Å². The molecule has 0 aliphatic carbocycles. The third-order valence-corrected chi connectivity index (χ3v) is 4.42. The molecule has 3 heterocycles. The normalized spacial score (nSPS) is 22.4. The molecule has 142 valence electrons. The smallest absolute Gasteiger partial charge is 0.301 e. The van der Waals surface area contributed by atoms with Crippen LogP contribution in [0.1, 0.15) is 18.2 Å². The number of hydrogen-bond acceptors (Lipinski definition) is 8. The molecule has 5 N–H and O–H groups in total. The third kappa shape index (κ3) is 3.25. The zero-order valence-corrected chi connectivity index (χ0v) is 14.3. The molecule has 1 aliphatic rings. The number of benzene rings is 1. The number of nitrogen functional groups attached to an aromatic ring is 1. The van der Waals surface area contributed by atoms with E-state index in [1.54, 1.807) is 0 Å². The molecule has 0 unspecified atom stereocenters.